The van der Waals surface area contributed by atoms with Gasteiger partial charge in [-0.05, 0) is 50.0 Å². The molecular formula is C19H17ClFN7O2. The molecule has 1 aromatic carbocycles. The highest BCUT2D eigenvalue weighted by molar-refractivity contribution is 6.32. The van der Waals surface area contributed by atoms with E-state index in [2.05, 4.69) is 32.6 Å². The Hall–Kier alpha value is -3.27. The summed E-state index contributed by atoms with van der Waals surface area (Å²) >= 11 is 6.19. The van der Waals surface area contributed by atoms with E-state index in [0.717, 1.165) is 23.1 Å². The highest BCUT2D eigenvalue weighted by Crippen LogP contribution is 2.53. The summed E-state index contributed by atoms with van der Waals surface area (Å²) in [5, 5.41) is 14.5. The van der Waals surface area contributed by atoms with Crippen LogP contribution in [-0.2, 0) is 5.54 Å². The van der Waals surface area contributed by atoms with Crippen LogP contribution >= 0.6 is 11.6 Å². The summed E-state index contributed by atoms with van der Waals surface area (Å²) < 4.78 is 18.7. The topological polar surface area (TPSA) is 102 Å². The van der Waals surface area contributed by atoms with Crippen LogP contribution in [0.4, 0.5) is 14.9 Å². The number of aryl methyl sites for hydroxylation is 1. The van der Waals surface area contributed by atoms with Gasteiger partial charge in [0.25, 0.3) is 11.8 Å². The van der Waals surface area contributed by atoms with Crippen molar-refractivity contribution in [1.82, 2.24) is 30.0 Å². The lowest BCUT2D eigenvalue weighted by Crippen LogP contribution is -2.60. The number of hydrogen-bond acceptors (Lipinski definition) is 6. The average Bonchev–Trinajstić information content (AvgIpc) is 3.31. The number of anilines is 1. The van der Waals surface area contributed by atoms with Crippen LogP contribution in [0.25, 0.3) is 5.69 Å². The Morgan fingerprint density at radius 3 is 2.97 bits per heavy atom. The SMILES string of the molecule is Cc1noc([C@@]23C=C(C[C@H](C)C2)N3C(=O)Nc2ccc(Cl)c(-n3ncc(F)n3)c2)n1. The predicted molar refractivity (Wildman–Crippen MR) is 104 cm³/mol. The van der Waals surface area contributed by atoms with Crippen LogP contribution in [0.15, 0.2) is 40.7 Å². The van der Waals surface area contributed by atoms with E-state index in [9.17, 15) is 9.18 Å². The number of carbonyl (C=O) groups is 1. The van der Waals surface area contributed by atoms with Gasteiger partial charge in [-0.15, -0.1) is 9.90 Å². The second-order valence-corrected chi connectivity index (χ2v) is 8.02. The van der Waals surface area contributed by atoms with Gasteiger partial charge in [0.1, 0.15) is 17.4 Å². The van der Waals surface area contributed by atoms with Gasteiger partial charge < -0.3 is 9.84 Å². The van der Waals surface area contributed by atoms with Gasteiger partial charge in [0, 0.05) is 11.4 Å². The summed E-state index contributed by atoms with van der Waals surface area (Å²) in [5.41, 5.74) is 0.970. The standard InChI is InChI=1S/C19H17ClFN7O2/c1-10-5-13-8-19(7-10,17-23-11(2)26-30-17)27(13)18(29)24-12-3-4-14(20)15(6-12)28-22-9-16(21)25-28/h3-4,6,8-10H,5,7H2,1-2H3,(H,24,29)/t10-,19-/m0/s1. The normalized spacial score (nSPS) is 22.5. The molecule has 1 aliphatic carbocycles. The number of fused-ring (bicyclic) bond motifs is 1. The third-order valence-electron chi connectivity index (χ3n) is 5.29. The number of nitrogens with one attached hydrogen (secondary N) is 1. The minimum absolute atomic E-state index is 0.318. The number of hydrogen-bond donors (Lipinski definition) is 1. The molecule has 2 amide bonds. The molecule has 3 heterocycles. The fraction of sp³-hybridized carbons (Fsp3) is 0.316. The van der Waals surface area contributed by atoms with Gasteiger partial charge in [-0.3, -0.25) is 4.90 Å². The van der Waals surface area contributed by atoms with E-state index in [1.807, 2.05) is 6.08 Å². The lowest BCUT2D eigenvalue weighted by molar-refractivity contribution is 0.0620. The quantitative estimate of drug-likeness (QED) is 0.679. The maximum Gasteiger partial charge on any atom is 0.327 e. The van der Waals surface area contributed by atoms with E-state index in [1.54, 1.807) is 30.0 Å². The van der Waals surface area contributed by atoms with E-state index in [0.29, 0.717) is 40.5 Å². The van der Waals surface area contributed by atoms with Gasteiger partial charge in [0.2, 0.25) is 0 Å². The zero-order valence-corrected chi connectivity index (χ0v) is 16.9. The molecule has 0 spiro atoms. The first-order chi connectivity index (χ1) is 14.4. The molecule has 2 aromatic heterocycles. The van der Waals surface area contributed by atoms with Crippen molar-refractivity contribution < 1.29 is 13.7 Å². The Morgan fingerprint density at radius 1 is 1.43 bits per heavy atom. The number of aromatic nitrogens is 5. The molecular weight excluding hydrogens is 413 g/mol. The summed E-state index contributed by atoms with van der Waals surface area (Å²) in [6.45, 7) is 3.87. The summed E-state index contributed by atoms with van der Waals surface area (Å²) in [4.78, 5) is 20.3. The van der Waals surface area contributed by atoms with Crippen molar-refractivity contribution >= 4 is 23.3 Å². The minimum Gasteiger partial charge on any atom is -0.336 e. The number of allylic oxidation sites excluding steroid dienone is 1. The number of likely N-dealkylation sites (tertiary alicyclic amines) is 1. The minimum atomic E-state index is -0.750. The average molecular weight is 430 g/mol. The van der Waals surface area contributed by atoms with Crippen LogP contribution < -0.4 is 5.32 Å². The second-order valence-electron chi connectivity index (χ2n) is 7.61. The molecule has 2 bridgehead atoms. The summed E-state index contributed by atoms with van der Waals surface area (Å²) in [6.07, 6.45) is 4.47. The van der Waals surface area contributed by atoms with Crippen LogP contribution in [-0.4, -0.2) is 36.1 Å². The van der Waals surface area contributed by atoms with Crippen LogP contribution in [0.3, 0.4) is 0 Å². The van der Waals surface area contributed by atoms with Crippen molar-refractivity contribution in [1.29, 1.82) is 0 Å². The van der Waals surface area contributed by atoms with E-state index < -0.39 is 11.5 Å². The third-order valence-corrected chi connectivity index (χ3v) is 5.61. The maximum atomic E-state index is 13.2. The molecule has 0 radical (unpaired) electrons. The van der Waals surface area contributed by atoms with Crippen molar-refractivity contribution in [2.24, 2.45) is 5.92 Å². The molecule has 154 valence electrons. The number of amides is 2. The van der Waals surface area contributed by atoms with Gasteiger partial charge in [0.15, 0.2) is 5.82 Å². The predicted octanol–water partition coefficient (Wildman–Crippen LogP) is 3.81. The molecule has 3 aromatic rings. The molecule has 0 saturated heterocycles. The Kier molecular flexibility index (Phi) is 4.14. The number of rotatable bonds is 3. The first-order valence-electron chi connectivity index (χ1n) is 9.37. The van der Waals surface area contributed by atoms with E-state index >= 15 is 0 Å². The molecule has 0 saturated carbocycles. The molecule has 0 unspecified atom stereocenters. The van der Waals surface area contributed by atoms with Gasteiger partial charge in [0.05, 0.1) is 5.02 Å². The summed E-state index contributed by atoms with van der Waals surface area (Å²) in [5.74, 6) is 0.565. The van der Waals surface area contributed by atoms with Crippen molar-refractivity contribution in [3.63, 3.8) is 0 Å². The van der Waals surface area contributed by atoms with E-state index in [4.69, 9.17) is 16.1 Å². The van der Waals surface area contributed by atoms with Crippen LogP contribution in [0.1, 0.15) is 31.5 Å². The van der Waals surface area contributed by atoms with Crippen molar-refractivity contribution in [3.8, 4) is 5.69 Å². The van der Waals surface area contributed by atoms with Gasteiger partial charge >= 0.3 is 6.03 Å². The fourth-order valence-corrected chi connectivity index (χ4v) is 4.36. The zero-order chi connectivity index (χ0) is 21.0. The zero-order valence-electron chi connectivity index (χ0n) is 16.1. The molecule has 1 N–H and O–H groups in total. The lowest BCUT2D eigenvalue weighted by Gasteiger charge is -2.53. The number of benzene rings is 1. The van der Waals surface area contributed by atoms with Gasteiger partial charge in [-0.25, -0.2) is 4.79 Å². The Labute approximate surface area is 175 Å². The second kappa shape index (κ2) is 6.63. The first kappa shape index (κ1) is 18.7. The molecule has 11 heteroatoms. The molecule has 0 fully saturated rings. The van der Waals surface area contributed by atoms with Crippen LogP contribution in [0.2, 0.25) is 5.02 Å². The van der Waals surface area contributed by atoms with Crippen molar-refractivity contribution in [2.75, 3.05) is 5.32 Å². The van der Waals surface area contributed by atoms with Gasteiger partial charge in [-0.1, -0.05) is 23.7 Å². The maximum absolute atomic E-state index is 13.2. The molecule has 2 aliphatic rings. The Morgan fingerprint density at radius 2 is 2.27 bits per heavy atom. The molecule has 30 heavy (non-hydrogen) atoms. The highest BCUT2D eigenvalue weighted by atomic mass is 35.5. The summed E-state index contributed by atoms with van der Waals surface area (Å²) in [6, 6.07) is 4.49. The largest absolute Gasteiger partial charge is 0.336 e. The van der Waals surface area contributed by atoms with Gasteiger partial charge in [-0.2, -0.15) is 14.5 Å². The Balaban J connectivity index is 1.44. The number of carbonyl (C=O) groups excluding carboxylic acids is 1. The van der Waals surface area contributed by atoms with Crippen LogP contribution in [0.5, 0.6) is 0 Å². The Bertz CT molecular complexity index is 1190. The molecule has 2 atom stereocenters. The van der Waals surface area contributed by atoms with Crippen molar-refractivity contribution in [2.45, 2.75) is 32.2 Å². The van der Waals surface area contributed by atoms with Crippen molar-refractivity contribution in [3.05, 3.63) is 58.9 Å². The van der Waals surface area contributed by atoms with Crippen LogP contribution in [0, 0.1) is 18.8 Å². The summed E-state index contributed by atoms with van der Waals surface area (Å²) in [7, 11) is 0. The fourth-order valence-electron chi connectivity index (χ4n) is 4.17. The monoisotopic (exact) mass is 429 g/mol. The number of piperidine rings is 1. The molecule has 9 nitrogen and oxygen atoms in total. The smallest absolute Gasteiger partial charge is 0.327 e. The molecule has 1 aliphatic heterocycles. The lowest BCUT2D eigenvalue weighted by atomic mass is 9.71. The van der Waals surface area contributed by atoms with E-state index in [-0.39, 0.29) is 6.03 Å². The first-order valence-corrected chi connectivity index (χ1v) is 9.75. The number of halogens is 2. The molecule has 5 rings (SSSR count). The highest BCUT2D eigenvalue weighted by Gasteiger charge is 2.56. The number of nitrogens with zero attached hydrogens (tertiary/aromatic N) is 6. The third kappa shape index (κ3) is 2.86. The number of urea groups is 1. The van der Waals surface area contributed by atoms with E-state index in [1.165, 1.54) is 0 Å².